The van der Waals surface area contributed by atoms with E-state index >= 15 is 0 Å². The number of benzene rings is 3. The Kier molecular flexibility index (Phi) is 6.78. The number of carbonyl (C=O) groups excluding carboxylic acids is 1. The standard InChI is InChI=1S/C24H26N2O/c1-20(23-15-9-4-10-16-23)25-24(27)19-26(17-21-11-5-2-6-12-21)18-22-13-7-3-8-14-22/h2-16,20H,17-19H2,1H3,(H,25,27)/t20-/m0/s1. The third kappa shape index (κ3) is 6.08. The highest BCUT2D eigenvalue weighted by molar-refractivity contribution is 5.78. The molecule has 0 aliphatic heterocycles. The Morgan fingerprint density at radius 1 is 0.778 bits per heavy atom. The van der Waals surface area contributed by atoms with Gasteiger partial charge in [-0.25, -0.2) is 0 Å². The molecule has 0 unspecified atom stereocenters. The summed E-state index contributed by atoms with van der Waals surface area (Å²) in [5.74, 6) is 0.0400. The lowest BCUT2D eigenvalue weighted by Gasteiger charge is -2.23. The van der Waals surface area contributed by atoms with Gasteiger partial charge < -0.3 is 5.32 Å². The first-order chi connectivity index (χ1) is 13.2. The Labute approximate surface area is 161 Å². The SMILES string of the molecule is C[C@H](NC(=O)CN(Cc1ccccc1)Cc1ccccc1)c1ccccc1. The van der Waals surface area contributed by atoms with Gasteiger partial charge in [-0.1, -0.05) is 91.0 Å². The molecule has 27 heavy (non-hydrogen) atoms. The number of rotatable bonds is 8. The van der Waals surface area contributed by atoms with Crippen molar-refractivity contribution in [2.45, 2.75) is 26.1 Å². The van der Waals surface area contributed by atoms with Gasteiger partial charge in [-0.15, -0.1) is 0 Å². The summed E-state index contributed by atoms with van der Waals surface area (Å²) in [5.41, 5.74) is 3.53. The summed E-state index contributed by atoms with van der Waals surface area (Å²) in [6.07, 6.45) is 0. The van der Waals surface area contributed by atoms with E-state index < -0.39 is 0 Å². The second-order valence-electron chi connectivity index (χ2n) is 6.82. The zero-order chi connectivity index (χ0) is 18.9. The lowest BCUT2D eigenvalue weighted by atomic mass is 10.1. The van der Waals surface area contributed by atoms with Crippen molar-refractivity contribution in [2.24, 2.45) is 0 Å². The number of nitrogens with one attached hydrogen (secondary N) is 1. The van der Waals surface area contributed by atoms with Crippen molar-refractivity contribution >= 4 is 5.91 Å². The molecule has 0 saturated carbocycles. The number of hydrogen-bond donors (Lipinski definition) is 1. The number of amides is 1. The summed E-state index contributed by atoms with van der Waals surface area (Å²) in [4.78, 5) is 14.8. The van der Waals surface area contributed by atoms with E-state index in [0.29, 0.717) is 6.54 Å². The molecule has 1 amide bonds. The molecule has 0 aromatic heterocycles. The molecule has 3 aromatic rings. The molecule has 0 fully saturated rings. The smallest absolute Gasteiger partial charge is 0.234 e. The number of hydrogen-bond acceptors (Lipinski definition) is 2. The highest BCUT2D eigenvalue weighted by atomic mass is 16.2. The predicted octanol–water partition coefficient (Wildman–Crippen LogP) is 4.57. The van der Waals surface area contributed by atoms with E-state index in [4.69, 9.17) is 0 Å². The first-order valence-electron chi connectivity index (χ1n) is 9.35. The van der Waals surface area contributed by atoms with Crippen LogP contribution in [0.5, 0.6) is 0 Å². The Hall–Kier alpha value is -2.91. The summed E-state index contributed by atoms with van der Waals surface area (Å²) in [7, 11) is 0. The first kappa shape index (κ1) is 18.9. The van der Waals surface area contributed by atoms with Crippen LogP contribution in [-0.4, -0.2) is 17.4 Å². The molecule has 3 nitrogen and oxygen atoms in total. The molecule has 3 heteroatoms. The largest absolute Gasteiger partial charge is 0.348 e. The average Bonchev–Trinajstić information content (AvgIpc) is 2.70. The van der Waals surface area contributed by atoms with Gasteiger partial charge >= 0.3 is 0 Å². The van der Waals surface area contributed by atoms with Crippen LogP contribution in [0.15, 0.2) is 91.0 Å². The van der Waals surface area contributed by atoms with Crippen LogP contribution >= 0.6 is 0 Å². The lowest BCUT2D eigenvalue weighted by Crippen LogP contribution is -2.37. The second kappa shape index (κ2) is 9.70. The van der Waals surface area contributed by atoms with Crippen molar-refractivity contribution in [3.05, 3.63) is 108 Å². The maximum atomic E-state index is 12.7. The monoisotopic (exact) mass is 358 g/mol. The molecule has 0 bridgehead atoms. The fourth-order valence-electron chi connectivity index (χ4n) is 3.17. The van der Waals surface area contributed by atoms with Crippen LogP contribution in [0.25, 0.3) is 0 Å². The minimum absolute atomic E-state index is 0.00556. The van der Waals surface area contributed by atoms with Crippen LogP contribution in [-0.2, 0) is 17.9 Å². The van der Waals surface area contributed by atoms with Gasteiger partial charge in [-0.3, -0.25) is 9.69 Å². The van der Waals surface area contributed by atoms with Gasteiger partial charge in [0.15, 0.2) is 0 Å². The molecular formula is C24H26N2O. The van der Waals surface area contributed by atoms with Crippen molar-refractivity contribution in [3.8, 4) is 0 Å². The van der Waals surface area contributed by atoms with Gasteiger partial charge in [0.2, 0.25) is 5.91 Å². The molecule has 0 radical (unpaired) electrons. The number of nitrogens with zero attached hydrogens (tertiary/aromatic N) is 1. The van der Waals surface area contributed by atoms with Gasteiger partial charge in [0, 0.05) is 13.1 Å². The van der Waals surface area contributed by atoms with E-state index in [0.717, 1.165) is 18.7 Å². The van der Waals surface area contributed by atoms with Crippen LogP contribution in [0.1, 0.15) is 29.7 Å². The van der Waals surface area contributed by atoms with Crippen LogP contribution in [0.2, 0.25) is 0 Å². The Morgan fingerprint density at radius 3 is 1.70 bits per heavy atom. The van der Waals surface area contributed by atoms with Crippen molar-refractivity contribution in [1.82, 2.24) is 10.2 Å². The lowest BCUT2D eigenvalue weighted by molar-refractivity contribution is -0.123. The maximum absolute atomic E-state index is 12.7. The topological polar surface area (TPSA) is 32.3 Å². The van der Waals surface area contributed by atoms with E-state index in [1.165, 1.54) is 11.1 Å². The molecule has 0 aliphatic rings. The van der Waals surface area contributed by atoms with Gasteiger partial charge in [0.05, 0.1) is 12.6 Å². The fraction of sp³-hybridized carbons (Fsp3) is 0.208. The highest BCUT2D eigenvalue weighted by Crippen LogP contribution is 2.13. The highest BCUT2D eigenvalue weighted by Gasteiger charge is 2.15. The molecular weight excluding hydrogens is 332 g/mol. The minimum Gasteiger partial charge on any atom is -0.348 e. The molecule has 3 rings (SSSR count). The third-order valence-corrected chi connectivity index (χ3v) is 4.54. The summed E-state index contributed by atoms with van der Waals surface area (Å²) < 4.78 is 0. The molecule has 0 saturated heterocycles. The zero-order valence-electron chi connectivity index (χ0n) is 15.7. The van der Waals surface area contributed by atoms with Gasteiger partial charge in [0.1, 0.15) is 0 Å². The zero-order valence-corrected chi connectivity index (χ0v) is 15.7. The minimum atomic E-state index is -0.00556. The van der Waals surface area contributed by atoms with Crippen molar-refractivity contribution in [2.75, 3.05) is 6.54 Å². The van der Waals surface area contributed by atoms with E-state index in [1.807, 2.05) is 73.7 Å². The van der Waals surface area contributed by atoms with Crippen LogP contribution in [0.4, 0.5) is 0 Å². The van der Waals surface area contributed by atoms with Crippen molar-refractivity contribution < 1.29 is 4.79 Å². The molecule has 1 atom stereocenters. The maximum Gasteiger partial charge on any atom is 0.234 e. The third-order valence-electron chi connectivity index (χ3n) is 4.54. The molecule has 0 heterocycles. The van der Waals surface area contributed by atoms with Gasteiger partial charge in [-0.05, 0) is 23.6 Å². The van der Waals surface area contributed by atoms with Crippen LogP contribution < -0.4 is 5.32 Å². The van der Waals surface area contributed by atoms with Crippen molar-refractivity contribution in [3.63, 3.8) is 0 Å². The van der Waals surface area contributed by atoms with E-state index in [9.17, 15) is 4.79 Å². The fourth-order valence-corrected chi connectivity index (χ4v) is 3.17. The molecule has 3 aromatic carbocycles. The van der Waals surface area contributed by atoms with E-state index in [-0.39, 0.29) is 11.9 Å². The van der Waals surface area contributed by atoms with Crippen LogP contribution in [0.3, 0.4) is 0 Å². The predicted molar refractivity (Wildman–Crippen MR) is 110 cm³/mol. The first-order valence-corrected chi connectivity index (χ1v) is 9.35. The average molecular weight is 358 g/mol. The molecule has 0 aliphatic carbocycles. The normalized spacial score (nSPS) is 11.9. The summed E-state index contributed by atoms with van der Waals surface area (Å²) >= 11 is 0. The molecule has 138 valence electrons. The Morgan fingerprint density at radius 2 is 1.22 bits per heavy atom. The Balaban J connectivity index is 1.65. The molecule has 0 spiro atoms. The van der Waals surface area contributed by atoms with Gasteiger partial charge in [-0.2, -0.15) is 0 Å². The van der Waals surface area contributed by atoms with Gasteiger partial charge in [0.25, 0.3) is 0 Å². The van der Waals surface area contributed by atoms with E-state index in [1.54, 1.807) is 0 Å². The van der Waals surface area contributed by atoms with E-state index in [2.05, 4.69) is 34.5 Å². The Bertz CT molecular complexity index is 777. The van der Waals surface area contributed by atoms with Crippen LogP contribution in [0, 0.1) is 0 Å². The molecule has 1 N–H and O–H groups in total. The van der Waals surface area contributed by atoms with Crippen molar-refractivity contribution in [1.29, 1.82) is 0 Å². The summed E-state index contributed by atoms with van der Waals surface area (Å²) in [6, 6.07) is 30.6. The summed E-state index contributed by atoms with van der Waals surface area (Å²) in [6.45, 7) is 3.86. The number of carbonyl (C=O) groups is 1. The second-order valence-corrected chi connectivity index (χ2v) is 6.82. The summed E-state index contributed by atoms with van der Waals surface area (Å²) in [5, 5.41) is 3.12. The quantitative estimate of drug-likeness (QED) is 0.640.